The summed E-state index contributed by atoms with van der Waals surface area (Å²) in [6, 6.07) is 8.78. The zero-order valence-electron chi connectivity index (χ0n) is 14.1. The summed E-state index contributed by atoms with van der Waals surface area (Å²) in [6.07, 6.45) is 5.64. The number of H-pyrrole nitrogens is 1. The van der Waals surface area contributed by atoms with Gasteiger partial charge in [-0.25, -0.2) is 0 Å². The molecule has 26 heavy (non-hydrogen) atoms. The number of para-hydroxylation sites is 1. The number of rotatable bonds is 7. The van der Waals surface area contributed by atoms with E-state index in [9.17, 15) is 14.4 Å². The van der Waals surface area contributed by atoms with E-state index in [1.807, 2.05) is 12.3 Å². The summed E-state index contributed by atoms with van der Waals surface area (Å²) >= 11 is 0. The molecule has 0 radical (unpaired) electrons. The van der Waals surface area contributed by atoms with Crippen molar-refractivity contribution in [3.05, 3.63) is 64.7 Å². The normalized spacial score (nSPS) is 10.6. The Balaban J connectivity index is 1.48. The minimum atomic E-state index is -0.580. The van der Waals surface area contributed by atoms with Gasteiger partial charge >= 0.3 is 0 Å². The Hall–Kier alpha value is -3.42. The summed E-state index contributed by atoms with van der Waals surface area (Å²) in [5.41, 5.74) is 0.274. The summed E-state index contributed by atoms with van der Waals surface area (Å²) in [6.45, 7) is 0.990. The average molecular weight is 353 g/mol. The molecule has 2 aromatic heterocycles. The first-order valence-corrected chi connectivity index (χ1v) is 8.28. The van der Waals surface area contributed by atoms with Gasteiger partial charge in [0.2, 0.25) is 11.3 Å². The molecule has 2 amide bonds. The average Bonchev–Trinajstić information content (AvgIpc) is 3.17. The van der Waals surface area contributed by atoms with Crippen LogP contribution >= 0.6 is 0 Å². The SMILES string of the molecule is O=C(CNC(=O)c1c[nH]c2ccccc2c1=O)NCCCn1cccn1. The lowest BCUT2D eigenvalue weighted by Gasteiger charge is -2.07. The fraction of sp³-hybridized carbons (Fsp3) is 0.222. The molecular formula is C18H19N5O3. The number of amides is 2. The van der Waals surface area contributed by atoms with Gasteiger partial charge in [0.1, 0.15) is 5.56 Å². The van der Waals surface area contributed by atoms with Gasteiger partial charge in [-0.15, -0.1) is 0 Å². The Morgan fingerprint density at radius 3 is 2.81 bits per heavy atom. The van der Waals surface area contributed by atoms with Crippen molar-refractivity contribution in [2.45, 2.75) is 13.0 Å². The number of nitrogens with zero attached hydrogens (tertiary/aromatic N) is 2. The largest absolute Gasteiger partial charge is 0.360 e. The molecule has 1 aromatic carbocycles. The third-order valence-corrected chi connectivity index (χ3v) is 3.89. The number of benzene rings is 1. The fourth-order valence-electron chi connectivity index (χ4n) is 2.56. The number of pyridine rings is 1. The first-order chi connectivity index (χ1) is 12.6. The Morgan fingerprint density at radius 1 is 1.15 bits per heavy atom. The van der Waals surface area contributed by atoms with Crippen molar-refractivity contribution in [1.82, 2.24) is 25.4 Å². The van der Waals surface area contributed by atoms with Crippen LogP contribution in [0.5, 0.6) is 0 Å². The lowest BCUT2D eigenvalue weighted by molar-refractivity contribution is -0.120. The maximum absolute atomic E-state index is 12.3. The number of fused-ring (bicyclic) bond motifs is 1. The molecule has 0 aliphatic heterocycles. The molecule has 0 saturated carbocycles. The van der Waals surface area contributed by atoms with Crippen LogP contribution in [0.4, 0.5) is 0 Å². The first kappa shape index (κ1) is 17.4. The second-order valence-electron chi connectivity index (χ2n) is 5.73. The van der Waals surface area contributed by atoms with E-state index >= 15 is 0 Å². The van der Waals surface area contributed by atoms with Gasteiger partial charge in [-0.05, 0) is 24.6 Å². The fourth-order valence-corrected chi connectivity index (χ4v) is 2.56. The van der Waals surface area contributed by atoms with Crippen molar-refractivity contribution in [2.75, 3.05) is 13.1 Å². The number of hydrogen-bond donors (Lipinski definition) is 3. The monoisotopic (exact) mass is 353 g/mol. The van der Waals surface area contributed by atoms with Gasteiger partial charge in [-0.1, -0.05) is 12.1 Å². The minimum Gasteiger partial charge on any atom is -0.360 e. The molecule has 0 atom stereocenters. The molecule has 0 unspecified atom stereocenters. The molecule has 2 heterocycles. The molecule has 0 spiro atoms. The Morgan fingerprint density at radius 2 is 2.00 bits per heavy atom. The number of nitrogens with one attached hydrogen (secondary N) is 3. The minimum absolute atomic E-state index is 0.0183. The van der Waals surface area contributed by atoms with Crippen molar-refractivity contribution < 1.29 is 9.59 Å². The van der Waals surface area contributed by atoms with Crippen LogP contribution in [-0.2, 0) is 11.3 Å². The van der Waals surface area contributed by atoms with E-state index in [2.05, 4.69) is 20.7 Å². The van der Waals surface area contributed by atoms with Crippen LogP contribution in [0, 0.1) is 0 Å². The first-order valence-electron chi connectivity index (χ1n) is 8.28. The zero-order valence-corrected chi connectivity index (χ0v) is 14.1. The van der Waals surface area contributed by atoms with Gasteiger partial charge in [0.15, 0.2) is 0 Å². The van der Waals surface area contributed by atoms with Gasteiger partial charge in [0.05, 0.1) is 6.54 Å². The lowest BCUT2D eigenvalue weighted by atomic mass is 10.1. The third-order valence-electron chi connectivity index (χ3n) is 3.89. The van der Waals surface area contributed by atoms with Gasteiger partial charge < -0.3 is 15.6 Å². The van der Waals surface area contributed by atoms with Crippen LogP contribution in [0.1, 0.15) is 16.8 Å². The number of aromatic amines is 1. The highest BCUT2D eigenvalue weighted by Gasteiger charge is 2.13. The zero-order chi connectivity index (χ0) is 18.4. The molecule has 3 rings (SSSR count). The summed E-state index contributed by atoms with van der Waals surface area (Å²) in [7, 11) is 0. The van der Waals surface area contributed by atoms with Crippen LogP contribution in [0.25, 0.3) is 10.9 Å². The predicted octanol–water partition coefficient (Wildman–Crippen LogP) is 0.661. The number of carbonyl (C=O) groups is 2. The van der Waals surface area contributed by atoms with Gasteiger partial charge in [-0.2, -0.15) is 5.10 Å². The second-order valence-corrected chi connectivity index (χ2v) is 5.73. The molecule has 0 aliphatic rings. The second kappa shape index (κ2) is 8.11. The number of aromatic nitrogens is 3. The van der Waals surface area contributed by atoms with Crippen LogP contribution in [0.3, 0.4) is 0 Å². The summed E-state index contributed by atoms with van der Waals surface area (Å²) in [5.74, 6) is -0.889. The van der Waals surface area contributed by atoms with E-state index in [-0.39, 0.29) is 23.4 Å². The number of aryl methyl sites for hydroxylation is 1. The van der Waals surface area contributed by atoms with Crippen LogP contribution in [0.2, 0.25) is 0 Å². The van der Waals surface area contributed by atoms with Gasteiger partial charge in [0, 0.05) is 42.6 Å². The Kier molecular flexibility index (Phi) is 5.43. The Labute approximate surface area is 149 Å². The van der Waals surface area contributed by atoms with Crippen molar-refractivity contribution >= 4 is 22.7 Å². The molecule has 3 N–H and O–H groups in total. The van der Waals surface area contributed by atoms with Crippen LogP contribution in [-0.4, -0.2) is 39.7 Å². The molecule has 0 bridgehead atoms. The molecule has 134 valence electrons. The lowest BCUT2D eigenvalue weighted by Crippen LogP contribution is -2.38. The highest BCUT2D eigenvalue weighted by atomic mass is 16.2. The summed E-state index contributed by atoms with van der Waals surface area (Å²) in [4.78, 5) is 39.2. The molecule has 0 saturated heterocycles. The van der Waals surface area contributed by atoms with E-state index in [1.165, 1.54) is 6.20 Å². The van der Waals surface area contributed by atoms with Crippen molar-refractivity contribution in [3.8, 4) is 0 Å². The van der Waals surface area contributed by atoms with Gasteiger partial charge in [0.25, 0.3) is 5.91 Å². The van der Waals surface area contributed by atoms with Crippen molar-refractivity contribution in [3.63, 3.8) is 0 Å². The molecule has 0 fully saturated rings. The van der Waals surface area contributed by atoms with Crippen molar-refractivity contribution in [2.24, 2.45) is 0 Å². The molecule has 8 heteroatoms. The van der Waals surface area contributed by atoms with E-state index in [0.29, 0.717) is 24.0 Å². The van der Waals surface area contributed by atoms with E-state index < -0.39 is 5.91 Å². The van der Waals surface area contributed by atoms with E-state index in [4.69, 9.17) is 0 Å². The smallest absolute Gasteiger partial charge is 0.257 e. The number of carbonyl (C=O) groups excluding carboxylic acids is 2. The van der Waals surface area contributed by atoms with Crippen LogP contribution in [0.15, 0.2) is 53.7 Å². The van der Waals surface area contributed by atoms with Crippen LogP contribution < -0.4 is 16.1 Å². The highest BCUT2D eigenvalue weighted by Crippen LogP contribution is 2.06. The molecular weight excluding hydrogens is 334 g/mol. The maximum atomic E-state index is 12.3. The van der Waals surface area contributed by atoms with E-state index in [0.717, 1.165) is 6.42 Å². The standard InChI is InChI=1S/C18H19N5O3/c24-16(19-7-3-9-23-10-4-8-22-23)12-21-18(26)14-11-20-15-6-2-1-5-13(15)17(14)25/h1-2,4-6,8,10-11H,3,7,9,12H2,(H,19,24)(H,20,25)(H,21,26). The molecule has 3 aromatic rings. The number of hydrogen-bond acceptors (Lipinski definition) is 4. The quantitative estimate of drug-likeness (QED) is 0.542. The molecule has 0 aliphatic carbocycles. The highest BCUT2D eigenvalue weighted by molar-refractivity contribution is 5.98. The summed E-state index contributed by atoms with van der Waals surface area (Å²) in [5, 5.41) is 9.69. The van der Waals surface area contributed by atoms with Crippen molar-refractivity contribution in [1.29, 1.82) is 0 Å². The molecule has 8 nitrogen and oxygen atoms in total. The predicted molar refractivity (Wildman–Crippen MR) is 96.8 cm³/mol. The topological polar surface area (TPSA) is 109 Å². The van der Waals surface area contributed by atoms with Gasteiger partial charge in [-0.3, -0.25) is 19.1 Å². The third kappa shape index (κ3) is 4.15. The maximum Gasteiger partial charge on any atom is 0.257 e. The Bertz CT molecular complexity index is 962. The summed E-state index contributed by atoms with van der Waals surface area (Å²) < 4.78 is 1.78. The van der Waals surface area contributed by atoms with E-state index in [1.54, 1.807) is 35.1 Å².